The minimum absolute atomic E-state index is 0.198. The molecule has 2 heterocycles. The van der Waals surface area contributed by atoms with Crippen molar-refractivity contribution in [3.8, 4) is 11.6 Å². The molecule has 2 aromatic heterocycles. The van der Waals surface area contributed by atoms with Gasteiger partial charge in [0.25, 0.3) is 5.24 Å². The number of hydrogen-bond acceptors (Lipinski definition) is 4. The number of pyridine rings is 1. The first-order valence-corrected chi connectivity index (χ1v) is 4.84. The Hall–Kier alpha value is -1.88. The average molecular weight is 238 g/mol. The molecule has 0 atom stereocenters. The van der Waals surface area contributed by atoms with Crippen molar-refractivity contribution in [2.75, 3.05) is 7.11 Å². The molecular weight excluding hydrogens is 230 g/mol. The minimum Gasteiger partial charge on any atom is -0.479 e. The van der Waals surface area contributed by atoms with E-state index in [4.69, 9.17) is 16.3 Å². The van der Waals surface area contributed by atoms with Crippen LogP contribution in [0.15, 0.2) is 30.7 Å². The number of nitrogens with zero attached hydrogens (tertiary/aromatic N) is 3. The fourth-order valence-electron chi connectivity index (χ4n) is 1.27. The van der Waals surface area contributed by atoms with Crippen molar-refractivity contribution >= 4 is 16.8 Å². The molecule has 6 heteroatoms. The van der Waals surface area contributed by atoms with Crippen LogP contribution in [0, 0.1) is 0 Å². The summed E-state index contributed by atoms with van der Waals surface area (Å²) in [5.74, 6) is 0.198. The van der Waals surface area contributed by atoms with Gasteiger partial charge in [-0.1, -0.05) is 0 Å². The fraction of sp³-hybridized carbons (Fsp3) is 0.100. The Kier molecular flexibility index (Phi) is 2.87. The van der Waals surface area contributed by atoms with Crippen LogP contribution in [0.1, 0.15) is 10.4 Å². The van der Waals surface area contributed by atoms with Gasteiger partial charge in [0.05, 0.1) is 19.0 Å². The lowest BCUT2D eigenvalue weighted by Gasteiger charge is -1.97. The topological polar surface area (TPSA) is 57.0 Å². The maximum absolute atomic E-state index is 11.1. The average Bonchev–Trinajstić information content (AvgIpc) is 2.74. The first kappa shape index (κ1) is 10.6. The second-order valence-corrected chi connectivity index (χ2v) is 3.32. The van der Waals surface area contributed by atoms with Gasteiger partial charge in [-0.15, -0.1) is 5.10 Å². The summed E-state index contributed by atoms with van der Waals surface area (Å²) in [7, 11) is 1.43. The first-order chi connectivity index (χ1) is 7.72. The van der Waals surface area contributed by atoms with Gasteiger partial charge < -0.3 is 4.74 Å². The molecule has 0 N–H and O–H groups in total. The van der Waals surface area contributed by atoms with E-state index in [1.54, 1.807) is 18.5 Å². The van der Waals surface area contributed by atoms with E-state index in [0.29, 0.717) is 0 Å². The van der Waals surface area contributed by atoms with Gasteiger partial charge in [0.1, 0.15) is 5.56 Å². The Morgan fingerprint density at radius 1 is 1.56 bits per heavy atom. The van der Waals surface area contributed by atoms with Crippen molar-refractivity contribution in [2.24, 2.45) is 0 Å². The molecule has 16 heavy (non-hydrogen) atoms. The molecule has 0 radical (unpaired) electrons. The molecule has 5 nitrogen and oxygen atoms in total. The van der Waals surface area contributed by atoms with Crippen LogP contribution in [0.5, 0.6) is 5.88 Å². The molecule has 0 aliphatic heterocycles. The highest BCUT2D eigenvalue weighted by Crippen LogP contribution is 2.19. The maximum atomic E-state index is 11.1. The summed E-state index contributed by atoms with van der Waals surface area (Å²) in [6, 6.07) is 3.58. The lowest BCUT2D eigenvalue weighted by Crippen LogP contribution is -1.95. The fourth-order valence-corrected chi connectivity index (χ4v) is 1.39. The molecule has 0 saturated heterocycles. The van der Waals surface area contributed by atoms with Crippen LogP contribution in [0.25, 0.3) is 5.69 Å². The van der Waals surface area contributed by atoms with Gasteiger partial charge in [-0.05, 0) is 23.7 Å². The number of hydrogen-bond donors (Lipinski definition) is 0. The Morgan fingerprint density at radius 3 is 2.88 bits per heavy atom. The van der Waals surface area contributed by atoms with Gasteiger partial charge in [0, 0.05) is 12.4 Å². The smallest absolute Gasteiger partial charge is 0.259 e. The standard InChI is InChI=1S/C10H8ClN3O2/c1-16-10-8(9(11)15)6-14(13-10)7-3-2-4-12-5-7/h2-6H,1H3. The normalized spacial score (nSPS) is 10.1. The molecule has 0 fully saturated rings. The predicted octanol–water partition coefficient (Wildman–Crippen LogP) is 1.65. The highest BCUT2D eigenvalue weighted by Gasteiger charge is 2.15. The van der Waals surface area contributed by atoms with Crippen molar-refractivity contribution < 1.29 is 9.53 Å². The Balaban J connectivity index is 2.48. The van der Waals surface area contributed by atoms with Crippen LogP contribution in [-0.4, -0.2) is 27.1 Å². The van der Waals surface area contributed by atoms with E-state index in [1.165, 1.54) is 18.0 Å². The zero-order valence-corrected chi connectivity index (χ0v) is 9.18. The molecule has 0 saturated carbocycles. The molecule has 0 aliphatic carbocycles. The van der Waals surface area contributed by atoms with Crippen molar-refractivity contribution in [2.45, 2.75) is 0 Å². The number of methoxy groups -OCH3 is 1. The second kappa shape index (κ2) is 4.32. The third-order valence-electron chi connectivity index (χ3n) is 2.00. The molecule has 0 aliphatic rings. The summed E-state index contributed by atoms with van der Waals surface area (Å²) in [4.78, 5) is 15.0. The van der Waals surface area contributed by atoms with Crippen molar-refractivity contribution in [3.63, 3.8) is 0 Å². The monoisotopic (exact) mass is 237 g/mol. The van der Waals surface area contributed by atoms with Gasteiger partial charge in [-0.25, -0.2) is 4.68 Å². The van der Waals surface area contributed by atoms with Crippen molar-refractivity contribution in [3.05, 3.63) is 36.3 Å². The highest BCUT2D eigenvalue weighted by molar-refractivity contribution is 6.68. The van der Waals surface area contributed by atoms with E-state index in [-0.39, 0.29) is 11.4 Å². The number of carbonyl (C=O) groups excluding carboxylic acids is 1. The lowest BCUT2D eigenvalue weighted by atomic mass is 10.4. The van der Waals surface area contributed by atoms with Crippen LogP contribution < -0.4 is 4.74 Å². The largest absolute Gasteiger partial charge is 0.479 e. The molecule has 82 valence electrons. The van der Waals surface area contributed by atoms with E-state index in [9.17, 15) is 4.79 Å². The van der Waals surface area contributed by atoms with Gasteiger partial charge in [-0.2, -0.15) is 0 Å². The zero-order chi connectivity index (χ0) is 11.5. The summed E-state index contributed by atoms with van der Waals surface area (Å²) < 4.78 is 6.44. The van der Waals surface area contributed by atoms with E-state index in [0.717, 1.165) is 5.69 Å². The molecule has 0 aromatic carbocycles. The molecule has 0 spiro atoms. The van der Waals surface area contributed by atoms with Crippen molar-refractivity contribution in [1.29, 1.82) is 0 Å². The Labute approximate surface area is 96.6 Å². The third kappa shape index (κ3) is 1.90. The van der Waals surface area contributed by atoms with E-state index in [2.05, 4.69) is 10.1 Å². The SMILES string of the molecule is COc1nn(-c2cccnc2)cc1C(=O)Cl. The van der Waals surface area contributed by atoms with E-state index < -0.39 is 5.24 Å². The molecule has 2 aromatic rings. The Morgan fingerprint density at radius 2 is 2.38 bits per heavy atom. The summed E-state index contributed by atoms with van der Waals surface area (Å²) in [6.07, 6.45) is 4.78. The molecule has 0 unspecified atom stereocenters. The van der Waals surface area contributed by atoms with Crippen LogP contribution in [0.4, 0.5) is 0 Å². The maximum Gasteiger partial charge on any atom is 0.259 e. The summed E-state index contributed by atoms with van der Waals surface area (Å²) in [5, 5.41) is 3.46. The number of carbonyl (C=O) groups is 1. The summed E-state index contributed by atoms with van der Waals surface area (Å²) in [6.45, 7) is 0. The molecular formula is C10H8ClN3O2. The zero-order valence-electron chi connectivity index (χ0n) is 8.42. The Bertz CT molecular complexity index is 510. The van der Waals surface area contributed by atoms with E-state index >= 15 is 0 Å². The number of ether oxygens (including phenoxy) is 1. The van der Waals surface area contributed by atoms with Crippen LogP contribution in [0.2, 0.25) is 0 Å². The van der Waals surface area contributed by atoms with Crippen LogP contribution in [0.3, 0.4) is 0 Å². The number of rotatable bonds is 3. The number of halogens is 1. The summed E-state index contributed by atoms with van der Waals surface area (Å²) in [5.41, 5.74) is 0.956. The second-order valence-electron chi connectivity index (χ2n) is 2.98. The van der Waals surface area contributed by atoms with Crippen LogP contribution >= 0.6 is 11.6 Å². The molecule has 2 rings (SSSR count). The first-order valence-electron chi connectivity index (χ1n) is 4.46. The quantitative estimate of drug-likeness (QED) is 0.762. The van der Waals surface area contributed by atoms with Crippen molar-refractivity contribution in [1.82, 2.24) is 14.8 Å². The third-order valence-corrected chi connectivity index (χ3v) is 2.20. The van der Waals surface area contributed by atoms with E-state index in [1.807, 2.05) is 6.07 Å². The van der Waals surface area contributed by atoms with Crippen LogP contribution in [-0.2, 0) is 0 Å². The highest BCUT2D eigenvalue weighted by atomic mass is 35.5. The predicted molar refractivity (Wildman–Crippen MR) is 58.1 cm³/mol. The molecule has 0 amide bonds. The lowest BCUT2D eigenvalue weighted by molar-refractivity contribution is 0.107. The van der Waals surface area contributed by atoms with Gasteiger partial charge >= 0.3 is 0 Å². The number of aromatic nitrogens is 3. The van der Waals surface area contributed by atoms with Gasteiger partial charge in [0.15, 0.2) is 0 Å². The van der Waals surface area contributed by atoms with Gasteiger partial charge in [-0.3, -0.25) is 9.78 Å². The minimum atomic E-state index is -0.605. The molecule has 0 bridgehead atoms. The summed E-state index contributed by atoms with van der Waals surface area (Å²) >= 11 is 5.40. The van der Waals surface area contributed by atoms with Gasteiger partial charge in [0.2, 0.25) is 5.88 Å².